The monoisotopic (exact) mass is 303 g/mol. The Hall–Kier alpha value is -2.02. The van der Waals surface area contributed by atoms with E-state index in [0.29, 0.717) is 5.16 Å². The van der Waals surface area contributed by atoms with Crippen LogP contribution in [-0.2, 0) is 11.2 Å². The van der Waals surface area contributed by atoms with Crippen LogP contribution in [0.15, 0.2) is 35.7 Å². The zero-order chi connectivity index (χ0) is 14.7. The van der Waals surface area contributed by atoms with Crippen molar-refractivity contribution >= 4 is 17.7 Å². The van der Waals surface area contributed by atoms with E-state index >= 15 is 0 Å². The van der Waals surface area contributed by atoms with Gasteiger partial charge in [-0.2, -0.15) is 0 Å². The van der Waals surface area contributed by atoms with Gasteiger partial charge in [-0.25, -0.2) is 4.68 Å². The number of nitrogens with zero attached hydrogens (tertiary/aromatic N) is 3. The van der Waals surface area contributed by atoms with Crippen molar-refractivity contribution < 1.29 is 4.79 Å². The zero-order valence-electron chi connectivity index (χ0n) is 11.5. The fourth-order valence-corrected chi connectivity index (χ4v) is 3.25. The van der Waals surface area contributed by atoms with Gasteiger partial charge in [0.25, 0.3) is 0 Å². The molecule has 21 heavy (non-hydrogen) atoms. The van der Waals surface area contributed by atoms with E-state index in [0.717, 1.165) is 19.3 Å². The van der Waals surface area contributed by atoms with Crippen molar-refractivity contribution in [1.82, 2.24) is 20.2 Å². The minimum Gasteiger partial charge on any atom is -0.349 e. The number of hydrogen-bond acceptors (Lipinski definition) is 5. The van der Waals surface area contributed by atoms with Gasteiger partial charge in [0, 0.05) is 0 Å². The van der Waals surface area contributed by atoms with Crippen LogP contribution in [0.25, 0.3) is 0 Å². The maximum Gasteiger partial charge on any atom is 0.230 e. The quantitative estimate of drug-likeness (QED) is 0.656. The summed E-state index contributed by atoms with van der Waals surface area (Å²) in [6.07, 6.45) is 4.60. The van der Waals surface area contributed by atoms with Gasteiger partial charge in [0.15, 0.2) is 0 Å². The lowest BCUT2D eigenvalue weighted by atomic mass is 9.88. The molecule has 0 fully saturated rings. The van der Waals surface area contributed by atoms with E-state index in [9.17, 15) is 4.79 Å². The molecule has 0 radical (unpaired) electrons. The molecule has 0 unspecified atom stereocenters. The summed E-state index contributed by atoms with van der Waals surface area (Å²) in [5.41, 5.74) is 2.58. The van der Waals surface area contributed by atoms with Gasteiger partial charge >= 0.3 is 0 Å². The molecule has 0 aliphatic heterocycles. The summed E-state index contributed by atoms with van der Waals surface area (Å²) in [5.74, 6) is 5.89. The van der Waals surface area contributed by atoms with Crippen LogP contribution in [0.4, 0.5) is 0 Å². The molecule has 7 heteroatoms. The molecule has 3 N–H and O–H groups in total. The Morgan fingerprint density at radius 1 is 1.48 bits per heavy atom. The van der Waals surface area contributed by atoms with Crippen molar-refractivity contribution in [2.75, 3.05) is 11.6 Å². The molecule has 0 saturated carbocycles. The Morgan fingerprint density at radius 2 is 2.33 bits per heavy atom. The van der Waals surface area contributed by atoms with Crippen LogP contribution in [0.5, 0.6) is 0 Å². The molecule has 1 heterocycles. The first kappa shape index (κ1) is 13.9. The Balaban J connectivity index is 1.60. The van der Waals surface area contributed by atoms with Gasteiger partial charge in [-0.15, -0.1) is 10.2 Å². The number of nitrogen functional groups attached to an aromatic ring is 1. The summed E-state index contributed by atoms with van der Waals surface area (Å²) in [4.78, 5) is 12.1. The second-order valence-electron chi connectivity index (χ2n) is 5.02. The highest BCUT2D eigenvalue weighted by Gasteiger charge is 2.21. The third-order valence-corrected chi connectivity index (χ3v) is 4.53. The number of fused-ring (bicyclic) bond motifs is 1. The van der Waals surface area contributed by atoms with Crippen LogP contribution < -0.4 is 11.2 Å². The van der Waals surface area contributed by atoms with E-state index in [2.05, 4.69) is 27.6 Å². The minimum atomic E-state index is -0.00953. The fourth-order valence-electron chi connectivity index (χ4n) is 2.61. The SMILES string of the molecule is Nn1cnnc1SCC(=O)N[C@H]1CCCc2ccccc21. The van der Waals surface area contributed by atoms with Crippen LogP contribution >= 0.6 is 11.8 Å². The van der Waals surface area contributed by atoms with E-state index in [4.69, 9.17) is 5.84 Å². The van der Waals surface area contributed by atoms with Crippen molar-refractivity contribution in [3.05, 3.63) is 41.7 Å². The van der Waals surface area contributed by atoms with Crippen LogP contribution in [0.3, 0.4) is 0 Å². The summed E-state index contributed by atoms with van der Waals surface area (Å²) in [6, 6.07) is 8.42. The lowest BCUT2D eigenvalue weighted by Gasteiger charge is -2.26. The summed E-state index contributed by atoms with van der Waals surface area (Å²) >= 11 is 1.28. The second kappa shape index (κ2) is 6.17. The normalized spacial score (nSPS) is 17.2. The Bertz CT molecular complexity index is 642. The van der Waals surface area contributed by atoms with Gasteiger partial charge in [0.05, 0.1) is 11.8 Å². The predicted octanol–water partition coefficient (Wildman–Crippen LogP) is 1.28. The Labute approximate surface area is 127 Å². The first-order chi connectivity index (χ1) is 10.2. The summed E-state index contributed by atoms with van der Waals surface area (Å²) < 4.78 is 1.31. The second-order valence-corrected chi connectivity index (χ2v) is 5.96. The summed E-state index contributed by atoms with van der Waals surface area (Å²) in [5, 5.41) is 11.2. The van der Waals surface area contributed by atoms with E-state index in [1.165, 1.54) is 33.9 Å². The number of rotatable bonds is 4. The standard InChI is InChI=1S/C14H17N5OS/c15-19-9-16-18-14(19)21-8-13(20)17-12-7-3-5-10-4-1-2-6-11(10)12/h1-2,4,6,9,12H,3,5,7-8,15H2,(H,17,20)/t12-/m0/s1. The molecule has 1 aromatic carbocycles. The van der Waals surface area contributed by atoms with E-state index in [1.807, 2.05) is 12.1 Å². The van der Waals surface area contributed by atoms with Gasteiger partial charge in [-0.3, -0.25) is 4.79 Å². The van der Waals surface area contributed by atoms with Crippen molar-refractivity contribution in [2.45, 2.75) is 30.5 Å². The van der Waals surface area contributed by atoms with Gasteiger partial charge in [-0.05, 0) is 30.4 Å². The number of thioether (sulfide) groups is 1. The summed E-state index contributed by atoms with van der Waals surface area (Å²) in [6.45, 7) is 0. The minimum absolute atomic E-state index is 0.00953. The van der Waals surface area contributed by atoms with Crippen molar-refractivity contribution in [3.8, 4) is 0 Å². The average Bonchev–Trinajstić information content (AvgIpc) is 2.91. The van der Waals surface area contributed by atoms with E-state index in [-0.39, 0.29) is 17.7 Å². The number of carbonyl (C=O) groups excluding carboxylic acids is 1. The third-order valence-electron chi connectivity index (χ3n) is 3.58. The largest absolute Gasteiger partial charge is 0.349 e. The summed E-state index contributed by atoms with van der Waals surface area (Å²) in [7, 11) is 0. The molecule has 1 aliphatic rings. The maximum absolute atomic E-state index is 12.1. The topological polar surface area (TPSA) is 85.8 Å². The maximum atomic E-state index is 12.1. The number of hydrogen-bond donors (Lipinski definition) is 2. The fraction of sp³-hybridized carbons (Fsp3) is 0.357. The molecule has 3 rings (SSSR count). The average molecular weight is 303 g/mol. The number of nitrogens with one attached hydrogen (secondary N) is 1. The number of aromatic nitrogens is 3. The van der Waals surface area contributed by atoms with Gasteiger partial charge < -0.3 is 11.2 Å². The molecular weight excluding hydrogens is 286 g/mol. The number of nitrogens with two attached hydrogens (primary N) is 1. The molecule has 0 saturated heterocycles. The van der Waals surface area contributed by atoms with Gasteiger partial charge in [0.1, 0.15) is 6.33 Å². The van der Waals surface area contributed by atoms with Crippen molar-refractivity contribution in [3.63, 3.8) is 0 Å². The first-order valence-electron chi connectivity index (χ1n) is 6.89. The number of carbonyl (C=O) groups is 1. The predicted molar refractivity (Wildman–Crippen MR) is 81.2 cm³/mol. The highest BCUT2D eigenvalue weighted by atomic mass is 32.2. The van der Waals surface area contributed by atoms with Crippen LogP contribution in [-0.4, -0.2) is 26.5 Å². The molecule has 110 valence electrons. The molecule has 0 spiro atoms. The lowest BCUT2D eigenvalue weighted by Crippen LogP contribution is -2.32. The van der Waals surface area contributed by atoms with E-state index < -0.39 is 0 Å². The Morgan fingerprint density at radius 3 is 3.14 bits per heavy atom. The lowest BCUT2D eigenvalue weighted by molar-refractivity contribution is -0.119. The van der Waals surface area contributed by atoms with Crippen LogP contribution in [0.1, 0.15) is 30.0 Å². The molecule has 1 aliphatic carbocycles. The molecule has 0 bridgehead atoms. The molecule has 2 aromatic rings. The van der Waals surface area contributed by atoms with Crippen LogP contribution in [0.2, 0.25) is 0 Å². The van der Waals surface area contributed by atoms with Gasteiger partial charge in [-0.1, -0.05) is 36.0 Å². The number of benzene rings is 1. The first-order valence-corrected chi connectivity index (χ1v) is 7.87. The Kier molecular flexibility index (Phi) is 4.10. The van der Waals surface area contributed by atoms with E-state index in [1.54, 1.807) is 0 Å². The highest BCUT2D eigenvalue weighted by Crippen LogP contribution is 2.29. The smallest absolute Gasteiger partial charge is 0.230 e. The van der Waals surface area contributed by atoms with Crippen molar-refractivity contribution in [2.24, 2.45) is 0 Å². The van der Waals surface area contributed by atoms with Crippen molar-refractivity contribution in [1.29, 1.82) is 0 Å². The van der Waals surface area contributed by atoms with Crippen LogP contribution in [0, 0.1) is 0 Å². The molecular formula is C14H17N5OS. The molecule has 6 nitrogen and oxygen atoms in total. The third kappa shape index (κ3) is 3.18. The van der Waals surface area contributed by atoms with Gasteiger partial charge in [0.2, 0.25) is 11.1 Å². The molecule has 1 aromatic heterocycles. The highest BCUT2D eigenvalue weighted by molar-refractivity contribution is 7.99. The zero-order valence-corrected chi connectivity index (χ0v) is 12.3. The molecule has 1 atom stereocenters. The number of aryl methyl sites for hydroxylation is 1. The number of amides is 1. The molecule has 1 amide bonds.